The number of ketones is 1. The number of carbonyl (C=O) groups is 1. The molecule has 0 heterocycles. The molecule has 0 spiro atoms. The van der Waals surface area contributed by atoms with E-state index in [0.29, 0.717) is 0 Å². The van der Waals surface area contributed by atoms with E-state index in [1.165, 1.54) is 38.1 Å². The molecule has 116 valence electrons. The second-order valence-electron chi connectivity index (χ2n) is 5.56. The maximum atomic E-state index is 12.6. The van der Waals surface area contributed by atoms with Crippen LogP contribution < -0.4 is 4.74 Å². The van der Waals surface area contributed by atoms with Gasteiger partial charge in [-0.15, -0.1) is 0 Å². The first-order valence-electron chi connectivity index (χ1n) is 6.21. The highest BCUT2D eigenvalue weighted by molar-refractivity contribution is 5.91. The number of hydrogen-bond donors (Lipinski definition) is 0. The molecule has 1 aromatic carbocycles. The quantitative estimate of drug-likeness (QED) is 0.781. The topological polar surface area (TPSA) is 26.3 Å². The summed E-state index contributed by atoms with van der Waals surface area (Å²) in [4.78, 5) is 11.4. The number of para-hydroxylation sites is 1. The van der Waals surface area contributed by atoms with Crippen LogP contribution in [0.1, 0.15) is 25.3 Å². The molecule has 2 nitrogen and oxygen atoms in total. The Morgan fingerprint density at radius 3 is 2.33 bits per heavy atom. The Morgan fingerprint density at radius 2 is 1.81 bits per heavy atom. The molecule has 2 unspecified atom stereocenters. The van der Waals surface area contributed by atoms with Crippen LogP contribution in [-0.4, -0.2) is 18.6 Å². The van der Waals surface area contributed by atoms with Crippen LogP contribution in [-0.2, 0) is 4.79 Å². The molecule has 1 aliphatic rings. The highest BCUT2D eigenvalue weighted by Crippen LogP contribution is 2.67. The van der Waals surface area contributed by atoms with Crippen LogP contribution in [0, 0.1) is 11.3 Å². The lowest BCUT2D eigenvalue weighted by atomic mass is 10.0. The van der Waals surface area contributed by atoms with Crippen LogP contribution in [0.4, 0.5) is 22.0 Å². The smallest absolute Gasteiger partial charge is 0.435 e. The van der Waals surface area contributed by atoms with Crippen molar-refractivity contribution in [2.24, 2.45) is 11.3 Å². The van der Waals surface area contributed by atoms with Gasteiger partial charge in [0, 0.05) is 11.8 Å². The lowest BCUT2D eigenvalue weighted by Gasteiger charge is -2.11. The number of halogens is 5. The number of rotatable bonds is 4. The highest BCUT2D eigenvalue weighted by Gasteiger charge is 2.67. The van der Waals surface area contributed by atoms with E-state index >= 15 is 0 Å². The zero-order valence-electron chi connectivity index (χ0n) is 11.2. The largest absolute Gasteiger partial charge is 0.450 e. The van der Waals surface area contributed by atoms with Crippen molar-refractivity contribution in [1.82, 2.24) is 0 Å². The Kier molecular flexibility index (Phi) is 3.71. The average molecular weight is 308 g/mol. The van der Waals surface area contributed by atoms with Crippen LogP contribution in [0.15, 0.2) is 24.3 Å². The zero-order chi connectivity index (χ0) is 16.0. The van der Waals surface area contributed by atoms with Crippen molar-refractivity contribution >= 4 is 5.78 Å². The third-order valence-corrected chi connectivity index (χ3v) is 3.86. The van der Waals surface area contributed by atoms with Gasteiger partial charge in [-0.25, -0.2) is 0 Å². The van der Waals surface area contributed by atoms with Crippen molar-refractivity contribution < 1.29 is 31.5 Å². The van der Waals surface area contributed by atoms with E-state index in [4.69, 9.17) is 0 Å². The van der Waals surface area contributed by atoms with E-state index in [9.17, 15) is 26.7 Å². The van der Waals surface area contributed by atoms with E-state index in [1.807, 2.05) is 0 Å². The maximum Gasteiger partial charge on any atom is 0.450 e. The van der Waals surface area contributed by atoms with E-state index in [2.05, 4.69) is 4.74 Å². The molecule has 2 atom stereocenters. The number of benzene rings is 1. The molecule has 0 bridgehead atoms. The van der Waals surface area contributed by atoms with Crippen LogP contribution in [0.25, 0.3) is 0 Å². The Balaban J connectivity index is 2.34. The predicted molar refractivity (Wildman–Crippen MR) is 64.1 cm³/mol. The summed E-state index contributed by atoms with van der Waals surface area (Å²) in [6.45, 7) is -0.0687. The summed E-state index contributed by atoms with van der Waals surface area (Å²) in [6.07, 6.45) is -4.94. The fourth-order valence-corrected chi connectivity index (χ4v) is 2.82. The highest BCUT2D eigenvalue weighted by atomic mass is 19.4. The lowest BCUT2D eigenvalue weighted by Crippen LogP contribution is -2.26. The molecule has 0 aromatic heterocycles. The van der Waals surface area contributed by atoms with Gasteiger partial charge >= 0.3 is 12.8 Å². The Bertz CT molecular complexity index is 551. The molecule has 0 radical (unpaired) electrons. The summed E-state index contributed by atoms with van der Waals surface area (Å²) >= 11 is 0. The van der Waals surface area contributed by atoms with E-state index < -0.39 is 35.8 Å². The van der Waals surface area contributed by atoms with Crippen molar-refractivity contribution in [2.75, 3.05) is 0 Å². The number of hydrogen-bond acceptors (Lipinski definition) is 2. The summed E-state index contributed by atoms with van der Waals surface area (Å²) in [6, 6.07) is 5.62. The molecule has 0 saturated heterocycles. The van der Waals surface area contributed by atoms with Gasteiger partial charge in [0.15, 0.2) is 0 Å². The van der Waals surface area contributed by atoms with Crippen molar-refractivity contribution in [3.63, 3.8) is 0 Å². The van der Waals surface area contributed by atoms with E-state index in [-0.39, 0.29) is 11.3 Å². The fourth-order valence-electron chi connectivity index (χ4n) is 2.82. The van der Waals surface area contributed by atoms with Crippen molar-refractivity contribution in [3.8, 4) is 5.75 Å². The monoisotopic (exact) mass is 308 g/mol. The van der Waals surface area contributed by atoms with Gasteiger partial charge < -0.3 is 4.74 Å². The zero-order valence-corrected chi connectivity index (χ0v) is 11.2. The third-order valence-electron chi connectivity index (χ3n) is 3.86. The third kappa shape index (κ3) is 2.87. The standard InChI is InChI=1S/C14H13F5O2/c1-13(2)9(10(13)11(20)14(17,18)19)7-5-3-4-6-8(7)21-12(15)16/h3-6,9-10,12H,1-2H3. The average Bonchev–Trinajstić information content (AvgIpc) is 2.89. The van der Waals surface area contributed by atoms with Crippen molar-refractivity contribution in [1.29, 1.82) is 0 Å². The van der Waals surface area contributed by atoms with E-state index in [0.717, 1.165) is 0 Å². The molecule has 1 aliphatic carbocycles. The Labute approximate surface area is 117 Å². The second-order valence-corrected chi connectivity index (χ2v) is 5.56. The van der Waals surface area contributed by atoms with Gasteiger partial charge in [-0.2, -0.15) is 22.0 Å². The van der Waals surface area contributed by atoms with Gasteiger partial charge in [0.2, 0.25) is 5.78 Å². The van der Waals surface area contributed by atoms with Crippen LogP contribution in [0.2, 0.25) is 0 Å². The molecule has 1 saturated carbocycles. The molecule has 2 rings (SSSR count). The fraction of sp³-hybridized carbons (Fsp3) is 0.500. The first-order chi connectivity index (χ1) is 9.56. The molecule has 0 N–H and O–H groups in total. The summed E-state index contributed by atoms with van der Waals surface area (Å²) in [5, 5.41) is 0. The summed E-state index contributed by atoms with van der Waals surface area (Å²) < 4.78 is 66.8. The van der Waals surface area contributed by atoms with Gasteiger partial charge in [0.05, 0.1) is 0 Å². The number of carbonyl (C=O) groups excluding carboxylic acids is 1. The normalized spacial score (nSPS) is 24.0. The summed E-state index contributed by atoms with van der Waals surface area (Å²) in [5.74, 6) is -4.09. The minimum absolute atomic E-state index is 0.192. The number of Topliss-reactive ketones (excluding diaryl/α,β-unsaturated/α-hetero) is 1. The molecule has 0 aliphatic heterocycles. The minimum Gasteiger partial charge on any atom is -0.435 e. The predicted octanol–water partition coefficient (Wildman–Crippen LogP) is 4.16. The molecule has 1 aromatic rings. The lowest BCUT2D eigenvalue weighted by molar-refractivity contribution is -0.173. The molecule has 0 amide bonds. The molecular formula is C14H13F5O2. The van der Waals surface area contributed by atoms with E-state index in [1.54, 1.807) is 0 Å². The summed E-state index contributed by atoms with van der Waals surface area (Å²) in [5.41, 5.74) is -0.751. The molecule has 1 fully saturated rings. The Morgan fingerprint density at radius 1 is 1.24 bits per heavy atom. The number of alkyl halides is 5. The van der Waals surface area contributed by atoms with Gasteiger partial charge in [-0.1, -0.05) is 32.0 Å². The second kappa shape index (κ2) is 4.96. The molecule has 7 heteroatoms. The minimum atomic E-state index is -4.94. The van der Waals surface area contributed by atoms with Crippen molar-refractivity contribution in [3.05, 3.63) is 29.8 Å². The van der Waals surface area contributed by atoms with Crippen LogP contribution in [0.5, 0.6) is 5.75 Å². The first kappa shape index (κ1) is 15.7. The summed E-state index contributed by atoms with van der Waals surface area (Å²) in [7, 11) is 0. The maximum absolute atomic E-state index is 12.6. The van der Waals surface area contributed by atoms with Crippen LogP contribution in [0.3, 0.4) is 0 Å². The van der Waals surface area contributed by atoms with Gasteiger partial charge in [-0.05, 0) is 17.0 Å². The van der Waals surface area contributed by atoms with Crippen LogP contribution >= 0.6 is 0 Å². The van der Waals surface area contributed by atoms with Gasteiger partial charge in [-0.3, -0.25) is 4.79 Å². The Hall–Kier alpha value is -1.66. The molecular weight excluding hydrogens is 295 g/mol. The first-order valence-corrected chi connectivity index (χ1v) is 6.21. The number of ether oxygens (including phenoxy) is 1. The van der Waals surface area contributed by atoms with Gasteiger partial charge in [0.25, 0.3) is 0 Å². The molecule has 21 heavy (non-hydrogen) atoms. The SMILES string of the molecule is CC1(C)C(C(=O)C(F)(F)F)C1c1ccccc1OC(F)F. The van der Waals surface area contributed by atoms with Gasteiger partial charge in [0.1, 0.15) is 5.75 Å². The van der Waals surface area contributed by atoms with Crippen molar-refractivity contribution in [2.45, 2.75) is 32.6 Å².